The van der Waals surface area contributed by atoms with Crippen molar-refractivity contribution >= 4 is 0 Å². The smallest absolute Gasteiger partial charge is 0.107 e. The highest BCUT2D eigenvalue weighted by atomic mass is 19.1. The summed E-state index contributed by atoms with van der Waals surface area (Å²) in [7, 11) is 0. The Hall–Kier alpha value is -0.110. The van der Waals surface area contributed by atoms with Gasteiger partial charge < -0.3 is 5.32 Å². The third-order valence-electron chi connectivity index (χ3n) is 2.32. The number of hydrogen-bond acceptors (Lipinski definition) is 1. The summed E-state index contributed by atoms with van der Waals surface area (Å²) in [4.78, 5) is 0. The fraction of sp³-hybridized carbons (Fsp3) is 1.00. The molecule has 0 heterocycles. The van der Waals surface area contributed by atoms with E-state index in [1.807, 2.05) is 6.92 Å². The van der Waals surface area contributed by atoms with E-state index >= 15 is 0 Å². The SMILES string of the molecule is CC(C)CNCC1(C)CC1F. The Morgan fingerprint density at radius 1 is 1.64 bits per heavy atom. The van der Waals surface area contributed by atoms with E-state index in [9.17, 15) is 4.39 Å². The third-order valence-corrected chi connectivity index (χ3v) is 2.32. The molecule has 2 atom stereocenters. The van der Waals surface area contributed by atoms with Gasteiger partial charge in [0.15, 0.2) is 0 Å². The van der Waals surface area contributed by atoms with Crippen molar-refractivity contribution in [2.45, 2.75) is 33.4 Å². The predicted molar refractivity (Wildman–Crippen MR) is 45.3 cm³/mol. The molecule has 0 radical (unpaired) electrons. The van der Waals surface area contributed by atoms with Crippen LogP contribution in [0, 0.1) is 11.3 Å². The lowest BCUT2D eigenvalue weighted by atomic mass is 10.1. The van der Waals surface area contributed by atoms with E-state index in [-0.39, 0.29) is 5.41 Å². The van der Waals surface area contributed by atoms with Crippen LogP contribution in [0.2, 0.25) is 0 Å². The zero-order chi connectivity index (χ0) is 8.48. The second-order valence-corrected chi connectivity index (χ2v) is 4.35. The summed E-state index contributed by atoms with van der Waals surface area (Å²) in [5.41, 5.74) is -0.0328. The molecule has 11 heavy (non-hydrogen) atoms. The average molecular weight is 159 g/mol. The molecule has 0 saturated heterocycles. The van der Waals surface area contributed by atoms with Crippen LogP contribution in [0.1, 0.15) is 27.2 Å². The Balaban J connectivity index is 2.04. The molecule has 0 spiro atoms. The van der Waals surface area contributed by atoms with Crippen molar-refractivity contribution in [2.24, 2.45) is 11.3 Å². The fourth-order valence-electron chi connectivity index (χ4n) is 1.18. The van der Waals surface area contributed by atoms with Crippen molar-refractivity contribution in [3.8, 4) is 0 Å². The Morgan fingerprint density at radius 3 is 2.55 bits per heavy atom. The van der Waals surface area contributed by atoms with Gasteiger partial charge in [0.1, 0.15) is 6.17 Å². The summed E-state index contributed by atoms with van der Waals surface area (Å²) >= 11 is 0. The summed E-state index contributed by atoms with van der Waals surface area (Å²) in [6, 6.07) is 0. The van der Waals surface area contributed by atoms with Gasteiger partial charge in [0.2, 0.25) is 0 Å². The number of alkyl halides is 1. The first-order valence-electron chi connectivity index (χ1n) is 4.39. The first kappa shape index (κ1) is 8.98. The lowest BCUT2D eigenvalue weighted by molar-refractivity contribution is 0.357. The van der Waals surface area contributed by atoms with Crippen LogP contribution in [0.5, 0.6) is 0 Å². The number of halogens is 1. The predicted octanol–water partition coefficient (Wildman–Crippen LogP) is 1.98. The van der Waals surface area contributed by atoms with Gasteiger partial charge in [0.05, 0.1) is 0 Å². The van der Waals surface area contributed by atoms with Crippen LogP contribution in [0.4, 0.5) is 4.39 Å². The monoisotopic (exact) mass is 159 g/mol. The van der Waals surface area contributed by atoms with E-state index in [1.165, 1.54) is 0 Å². The molecule has 66 valence electrons. The maximum atomic E-state index is 12.6. The first-order chi connectivity index (χ1) is 5.04. The summed E-state index contributed by atoms with van der Waals surface area (Å²) in [6.07, 6.45) is 0.195. The average Bonchev–Trinajstić information content (AvgIpc) is 2.39. The largest absolute Gasteiger partial charge is 0.316 e. The maximum absolute atomic E-state index is 12.6. The molecule has 1 rings (SSSR count). The van der Waals surface area contributed by atoms with Crippen LogP contribution in [-0.4, -0.2) is 19.3 Å². The zero-order valence-corrected chi connectivity index (χ0v) is 7.65. The topological polar surface area (TPSA) is 12.0 Å². The van der Waals surface area contributed by atoms with E-state index in [1.54, 1.807) is 0 Å². The van der Waals surface area contributed by atoms with Crippen LogP contribution in [0.3, 0.4) is 0 Å². The van der Waals surface area contributed by atoms with Gasteiger partial charge in [-0.3, -0.25) is 0 Å². The molecule has 1 N–H and O–H groups in total. The lowest BCUT2D eigenvalue weighted by Crippen LogP contribution is -2.27. The molecule has 2 unspecified atom stereocenters. The minimum atomic E-state index is -0.554. The molecule has 1 aliphatic carbocycles. The lowest BCUT2D eigenvalue weighted by Gasteiger charge is -2.11. The van der Waals surface area contributed by atoms with E-state index in [0.717, 1.165) is 19.5 Å². The molecule has 0 aliphatic heterocycles. The van der Waals surface area contributed by atoms with Crippen molar-refractivity contribution < 1.29 is 4.39 Å². The molecule has 1 nitrogen and oxygen atoms in total. The van der Waals surface area contributed by atoms with Crippen molar-refractivity contribution in [3.63, 3.8) is 0 Å². The highest BCUT2D eigenvalue weighted by Crippen LogP contribution is 2.47. The van der Waals surface area contributed by atoms with Gasteiger partial charge in [0, 0.05) is 12.0 Å². The van der Waals surface area contributed by atoms with Gasteiger partial charge in [-0.15, -0.1) is 0 Å². The van der Waals surface area contributed by atoms with Crippen LogP contribution >= 0.6 is 0 Å². The molecule has 0 bridgehead atoms. The van der Waals surface area contributed by atoms with Gasteiger partial charge in [-0.2, -0.15) is 0 Å². The number of nitrogens with one attached hydrogen (secondary N) is 1. The summed E-state index contributed by atoms with van der Waals surface area (Å²) < 4.78 is 12.6. The van der Waals surface area contributed by atoms with Gasteiger partial charge in [0.25, 0.3) is 0 Å². The molecule has 1 fully saturated rings. The zero-order valence-electron chi connectivity index (χ0n) is 7.65. The summed E-state index contributed by atoms with van der Waals surface area (Å²) in [6.45, 7) is 8.17. The quantitative estimate of drug-likeness (QED) is 0.661. The Morgan fingerprint density at radius 2 is 2.18 bits per heavy atom. The standard InChI is InChI=1S/C9H18FN/c1-7(2)5-11-6-9(3)4-8(9)10/h7-8,11H,4-6H2,1-3H3. The summed E-state index contributed by atoms with van der Waals surface area (Å²) in [5.74, 6) is 0.662. The van der Waals surface area contributed by atoms with Crippen LogP contribution < -0.4 is 5.32 Å². The van der Waals surface area contributed by atoms with Gasteiger partial charge in [-0.05, 0) is 18.9 Å². The highest BCUT2D eigenvalue weighted by molar-refractivity contribution is 5.01. The van der Waals surface area contributed by atoms with Crippen molar-refractivity contribution in [2.75, 3.05) is 13.1 Å². The molecular weight excluding hydrogens is 141 g/mol. The van der Waals surface area contributed by atoms with Crippen LogP contribution in [0.15, 0.2) is 0 Å². The van der Waals surface area contributed by atoms with Gasteiger partial charge in [-0.25, -0.2) is 4.39 Å². The summed E-state index contributed by atoms with van der Waals surface area (Å²) in [5, 5.41) is 3.28. The minimum Gasteiger partial charge on any atom is -0.316 e. The molecule has 1 aliphatic rings. The molecule has 0 amide bonds. The maximum Gasteiger partial charge on any atom is 0.107 e. The van der Waals surface area contributed by atoms with E-state index in [4.69, 9.17) is 0 Å². The number of rotatable bonds is 4. The second-order valence-electron chi connectivity index (χ2n) is 4.35. The Kier molecular flexibility index (Phi) is 2.53. The second kappa shape index (κ2) is 3.10. The minimum absolute atomic E-state index is 0.0328. The van der Waals surface area contributed by atoms with E-state index in [2.05, 4.69) is 19.2 Å². The van der Waals surface area contributed by atoms with E-state index < -0.39 is 6.17 Å². The first-order valence-corrected chi connectivity index (χ1v) is 4.39. The highest BCUT2D eigenvalue weighted by Gasteiger charge is 2.50. The molecule has 0 aromatic rings. The molecular formula is C9H18FN. The number of hydrogen-bond donors (Lipinski definition) is 1. The van der Waals surface area contributed by atoms with Crippen molar-refractivity contribution in [1.29, 1.82) is 0 Å². The Labute approximate surface area is 68.4 Å². The van der Waals surface area contributed by atoms with Crippen LogP contribution in [0.25, 0.3) is 0 Å². The van der Waals surface area contributed by atoms with Crippen molar-refractivity contribution in [1.82, 2.24) is 5.32 Å². The molecule has 1 saturated carbocycles. The molecule has 2 heteroatoms. The van der Waals surface area contributed by atoms with E-state index in [0.29, 0.717) is 5.92 Å². The van der Waals surface area contributed by atoms with Crippen LogP contribution in [-0.2, 0) is 0 Å². The molecule has 0 aromatic carbocycles. The normalized spacial score (nSPS) is 36.3. The van der Waals surface area contributed by atoms with Gasteiger partial charge in [-0.1, -0.05) is 20.8 Å². The fourth-order valence-corrected chi connectivity index (χ4v) is 1.18. The van der Waals surface area contributed by atoms with Gasteiger partial charge >= 0.3 is 0 Å². The van der Waals surface area contributed by atoms with Crippen molar-refractivity contribution in [3.05, 3.63) is 0 Å². The Bertz CT molecular complexity index is 136. The molecule has 0 aromatic heterocycles. The third kappa shape index (κ3) is 2.44.